The molecule has 0 spiro atoms. The van der Waals surface area contributed by atoms with E-state index >= 15 is 0 Å². The van der Waals surface area contributed by atoms with Gasteiger partial charge < -0.3 is 0 Å². The van der Waals surface area contributed by atoms with E-state index in [1.54, 1.807) is 4.68 Å². The molecule has 0 bridgehead atoms. The predicted molar refractivity (Wildman–Crippen MR) is 83.3 cm³/mol. The molecule has 0 N–H and O–H groups in total. The molecule has 0 saturated heterocycles. The van der Waals surface area contributed by atoms with Crippen LogP contribution in [0.2, 0.25) is 0 Å². The fourth-order valence-corrected chi connectivity index (χ4v) is 3.08. The molecule has 1 heterocycles. The van der Waals surface area contributed by atoms with Crippen LogP contribution >= 0.6 is 45.0 Å². The fourth-order valence-electron chi connectivity index (χ4n) is 1.66. The summed E-state index contributed by atoms with van der Waals surface area (Å²) >= 11 is 6.37. The summed E-state index contributed by atoms with van der Waals surface area (Å²) in [5.74, 6) is 0. The third kappa shape index (κ3) is 2.30. The van der Waals surface area contributed by atoms with Gasteiger partial charge >= 0.3 is 0 Å². The highest BCUT2D eigenvalue weighted by atomic mass is 127. The SMILES string of the molecule is Cc1c(SS)c(=O)n(-c2ccc(I)cc2)n1C. The molecule has 0 radical (unpaired) electrons. The lowest BCUT2D eigenvalue weighted by atomic mass is 10.3. The van der Waals surface area contributed by atoms with Crippen molar-refractivity contribution in [1.82, 2.24) is 9.36 Å². The van der Waals surface area contributed by atoms with Gasteiger partial charge in [-0.25, -0.2) is 4.68 Å². The molecule has 90 valence electrons. The highest BCUT2D eigenvalue weighted by Gasteiger charge is 2.15. The number of thiol groups is 1. The molecule has 1 aromatic carbocycles. The summed E-state index contributed by atoms with van der Waals surface area (Å²) in [6.07, 6.45) is 0. The lowest BCUT2D eigenvalue weighted by molar-refractivity contribution is 0.630. The van der Waals surface area contributed by atoms with Crippen molar-refractivity contribution in [3.05, 3.63) is 43.9 Å². The Morgan fingerprint density at radius 1 is 1.29 bits per heavy atom. The summed E-state index contributed by atoms with van der Waals surface area (Å²) in [5, 5.41) is 0. The number of aromatic nitrogens is 2. The number of hydrogen-bond acceptors (Lipinski definition) is 3. The van der Waals surface area contributed by atoms with Crippen molar-refractivity contribution >= 4 is 45.0 Å². The van der Waals surface area contributed by atoms with Crippen molar-refractivity contribution in [3.8, 4) is 5.69 Å². The van der Waals surface area contributed by atoms with Crippen molar-refractivity contribution in [1.29, 1.82) is 0 Å². The van der Waals surface area contributed by atoms with Crippen LogP contribution < -0.4 is 5.56 Å². The average molecular weight is 378 g/mol. The number of hydrogen-bond donors (Lipinski definition) is 1. The van der Waals surface area contributed by atoms with Gasteiger partial charge in [0.15, 0.2) is 0 Å². The number of rotatable bonds is 2. The van der Waals surface area contributed by atoms with Gasteiger partial charge in [0.1, 0.15) is 4.90 Å². The first-order chi connectivity index (χ1) is 8.06. The van der Waals surface area contributed by atoms with Crippen LogP contribution in [-0.4, -0.2) is 9.36 Å². The quantitative estimate of drug-likeness (QED) is 0.494. The normalized spacial score (nSPS) is 10.8. The van der Waals surface area contributed by atoms with Crippen molar-refractivity contribution in [2.75, 3.05) is 0 Å². The Hall–Kier alpha value is -0.340. The molecular weight excluding hydrogens is 367 g/mol. The van der Waals surface area contributed by atoms with E-state index in [2.05, 4.69) is 34.3 Å². The smallest absolute Gasteiger partial charge is 0.284 e. The maximum Gasteiger partial charge on any atom is 0.286 e. The van der Waals surface area contributed by atoms with Crippen molar-refractivity contribution < 1.29 is 0 Å². The minimum Gasteiger partial charge on any atom is -0.284 e. The maximum atomic E-state index is 12.2. The Morgan fingerprint density at radius 3 is 2.35 bits per heavy atom. The first-order valence-electron chi connectivity index (χ1n) is 4.92. The van der Waals surface area contributed by atoms with Crippen molar-refractivity contribution in [2.45, 2.75) is 11.8 Å². The van der Waals surface area contributed by atoms with Crippen LogP contribution in [0.3, 0.4) is 0 Å². The minimum absolute atomic E-state index is 0.0220. The topological polar surface area (TPSA) is 26.9 Å². The molecule has 2 aromatic rings. The summed E-state index contributed by atoms with van der Waals surface area (Å²) < 4.78 is 4.65. The van der Waals surface area contributed by atoms with Gasteiger partial charge in [-0.3, -0.25) is 9.48 Å². The van der Waals surface area contributed by atoms with Crippen LogP contribution in [-0.2, 0) is 7.05 Å². The third-order valence-electron chi connectivity index (χ3n) is 2.66. The van der Waals surface area contributed by atoms with E-state index in [9.17, 15) is 4.79 Å². The Bertz CT molecular complexity index is 601. The molecule has 0 aliphatic carbocycles. The summed E-state index contributed by atoms with van der Waals surface area (Å²) in [6, 6.07) is 7.85. The number of halogens is 1. The Kier molecular flexibility index (Phi) is 3.94. The van der Waals surface area contributed by atoms with Crippen molar-refractivity contribution in [3.63, 3.8) is 0 Å². The molecule has 0 aliphatic rings. The van der Waals surface area contributed by atoms with Crippen LogP contribution in [0.4, 0.5) is 0 Å². The molecule has 2 rings (SSSR count). The molecule has 0 atom stereocenters. The van der Waals surface area contributed by atoms with Gasteiger partial charge in [-0.05, 0) is 53.8 Å². The zero-order valence-corrected chi connectivity index (χ0v) is 13.2. The second-order valence-corrected chi connectivity index (χ2v) is 6.01. The average Bonchev–Trinajstić information content (AvgIpc) is 2.52. The standard InChI is InChI=1S/C11H11IN2OS2/c1-7-10(17-16)11(15)14(13(7)2)9-5-3-8(12)4-6-9/h3-6,16H,1-2H3. The van der Waals surface area contributed by atoms with Crippen LogP contribution in [0.25, 0.3) is 5.69 Å². The molecule has 0 unspecified atom stereocenters. The molecule has 3 nitrogen and oxygen atoms in total. The van der Waals surface area contributed by atoms with Gasteiger partial charge in [0.2, 0.25) is 0 Å². The van der Waals surface area contributed by atoms with E-state index < -0.39 is 0 Å². The van der Waals surface area contributed by atoms with Gasteiger partial charge in [-0.2, -0.15) is 0 Å². The van der Waals surface area contributed by atoms with E-state index in [0.717, 1.165) is 15.0 Å². The summed E-state index contributed by atoms with van der Waals surface area (Å²) in [4.78, 5) is 12.9. The monoisotopic (exact) mass is 378 g/mol. The van der Waals surface area contributed by atoms with Crippen molar-refractivity contribution in [2.24, 2.45) is 7.05 Å². The zero-order valence-electron chi connectivity index (χ0n) is 9.35. The maximum absolute atomic E-state index is 12.2. The number of nitrogens with zero attached hydrogens (tertiary/aromatic N) is 2. The van der Waals surface area contributed by atoms with Crippen LogP contribution in [0.15, 0.2) is 34.0 Å². The molecule has 17 heavy (non-hydrogen) atoms. The molecular formula is C11H11IN2OS2. The van der Waals surface area contributed by atoms with E-state index in [0.29, 0.717) is 4.90 Å². The molecule has 0 amide bonds. The van der Waals surface area contributed by atoms with E-state index in [1.807, 2.05) is 42.9 Å². The largest absolute Gasteiger partial charge is 0.286 e. The summed E-state index contributed by atoms with van der Waals surface area (Å²) in [7, 11) is 3.07. The Labute approximate surface area is 122 Å². The lowest BCUT2D eigenvalue weighted by Gasteiger charge is -2.07. The van der Waals surface area contributed by atoms with Gasteiger partial charge in [0.05, 0.1) is 11.4 Å². The predicted octanol–water partition coefficient (Wildman–Crippen LogP) is 3.03. The zero-order chi connectivity index (χ0) is 12.6. The number of benzene rings is 1. The van der Waals surface area contributed by atoms with Crippen LogP contribution in [0.5, 0.6) is 0 Å². The van der Waals surface area contributed by atoms with Gasteiger partial charge in [0.25, 0.3) is 5.56 Å². The van der Waals surface area contributed by atoms with E-state index in [4.69, 9.17) is 0 Å². The first kappa shape index (κ1) is 13.1. The van der Waals surface area contributed by atoms with E-state index in [-0.39, 0.29) is 5.56 Å². The van der Waals surface area contributed by atoms with E-state index in [1.165, 1.54) is 10.8 Å². The van der Waals surface area contributed by atoms with Gasteiger partial charge in [-0.15, -0.1) is 11.7 Å². The fraction of sp³-hybridized carbons (Fsp3) is 0.182. The molecule has 1 aromatic heterocycles. The molecule has 0 aliphatic heterocycles. The summed E-state index contributed by atoms with van der Waals surface area (Å²) in [6.45, 7) is 1.92. The third-order valence-corrected chi connectivity index (χ3v) is 4.58. The highest BCUT2D eigenvalue weighted by molar-refractivity contribution is 14.1. The van der Waals surface area contributed by atoms with Gasteiger partial charge in [-0.1, -0.05) is 10.8 Å². The molecule has 0 saturated carbocycles. The minimum atomic E-state index is -0.0220. The lowest BCUT2D eigenvalue weighted by Crippen LogP contribution is -2.19. The van der Waals surface area contributed by atoms with Crippen LogP contribution in [0, 0.1) is 10.5 Å². The second-order valence-electron chi connectivity index (χ2n) is 3.62. The van der Waals surface area contributed by atoms with Crippen LogP contribution in [0.1, 0.15) is 5.69 Å². The highest BCUT2D eigenvalue weighted by Crippen LogP contribution is 2.23. The Balaban J connectivity index is 2.68. The molecule has 6 heteroatoms. The molecule has 0 fully saturated rings. The van der Waals surface area contributed by atoms with Gasteiger partial charge in [0, 0.05) is 10.6 Å². The Morgan fingerprint density at radius 2 is 1.88 bits per heavy atom. The second kappa shape index (κ2) is 5.11. The summed E-state index contributed by atoms with van der Waals surface area (Å²) in [5.41, 5.74) is 1.77. The first-order valence-corrected chi connectivity index (χ1v) is 7.87.